The molecule has 3 rings (SSSR count). The second kappa shape index (κ2) is 9.89. The van der Waals surface area contributed by atoms with Crippen LogP contribution in [0.2, 0.25) is 0 Å². The zero-order valence-corrected chi connectivity index (χ0v) is 17.7. The maximum atomic E-state index is 12.7. The van der Waals surface area contributed by atoms with Gasteiger partial charge in [0.2, 0.25) is 0 Å². The van der Waals surface area contributed by atoms with Crippen molar-refractivity contribution < 1.29 is 13.2 Å². The highest BCUT2D eigenvalue weighted by molar-refractivity contribution is 7.92. The highest BCUT2D eigenvalue weighted by Gasteiger charge is 2.17. The van der Waals surface area contributed by atoms with Crippen molar-refractivity contribution in [2.45, 2.75) is 37.5 Å². The third-order valence-corrected chi connectivity index (χ3v) is 6.47. The monoisotopic (exact) mass is 415 g/mol. The Balaban J connectivity index is 1.61. The summed E-state index contributed by atoms with van der Waals surface area (Å²) in [6.45, 7) is 5.42. The minimum atomic E-state index is -3.77. The summed E-state index contributed by atoms with van der Waals surface area (Å²) in [6, 6.07) is 13.3. The zero-order valence-electron chi connectivity index (χ0n) is 16.9. The van der Waals surface area contributed by atoms with E-state index in [1.54, 1.807) is 30.3 Å². The first-order chi connectivity index (χ1) is 13.9. The average Bonchev–Trinajstić information content (AvgIpc) is 2.96. The molecule has 0 unspecified atom stereocenters. The Hall–Kier alpha value is -2.38. The molecule has 156 valence electrons. The Morgan fingerprint density at radius 3 is 2.45 bits per heavy atom. The van der Waals surface area contributed by atoms with Gasteiger partial charge in [0.05, 0.1) is 4.90 Å². The van der Waals surface area contributed by atoms with Crippen molar-refractivity contribution in [3.8, 4) is 0 Å². The fraction of sp³-hybridized carbons (Fsp3) is 0.409. The standard InChI is InChI=1S/C22H29N3O3S/c1-18-8-6-10-20(16-18)24-29(27,28)21-11-7-9-19(17-21)22(26)23-12-15-25-13-4-2-3-5-14-25/h6-11,16-17,24H,2-5,12-15H2,1H3,(H,23,26). The van der Waals surface area contributed by atoms with E-state index in [1.165, 1.54) is 37.8 Å². The molecule has 7 heteroatoms. The summed E-state index contributed by atoms with van der Waals surface area (Å²) in [6.07, 6.45) is 4.98. The van der Waals surface area contributed by atoms with Crippen molar-refractivity contribution in [2.75, 3.05) is 30.9 Å². The Bertz CT molecular complexity index is 936. The van der Waals surface area contributed by atoms with Gasteiger partial charge in [0, 0.05) is 24.3 Å². The van der Waals surface area contributed by atoms with E-state index in [4.69, 9.17) is 0 Å². The van der Waals surface area contributed by atoms with Crippen molar-refractivity contribution in [2.24, 2.45) is 0 Å². The first-order valence-corrected chi connectivity index (χ1v) is 11.6. The molecule has 6 nitrogen and oxygen atoms in total. The summed E-state index contributed by atoms with van der Waals surface area (Å²) in [4.78, 5) is 14.9. The van der Waals surface area contributed by atoms with E-state index in [9.17, 15) is 13.2 Å². The lowest BCUT2D eigenvalue weighted by molar-refractivity contribution is 0.0948. The third kappa shape index (κ3) is 6.30. The Morgan fingerprint density at radius 2 is 1.72 bits per heavy atom. The molecule has 2 aromatic carbocycles. The van der Waals surface area contributed by atoms with Crippen LogP contribution in [0.1, 0.15) is 41.6 Å². The number of hydrogen-bond donors (Lipinski definition) is 2. The van der Waals surface area contributed by atoms with Crippen molar-refractivity contribution in [3.63, 3.8) is 0 Å². The van der Waals surface area contributed by atoms with Gasteiger partial charge in [-0.25, -0.2) is 8.42 Å². The number of sulfonamides is 1. The van der Waals surface area contributed by atoms with Crippen LogP contribution in [0.5, 0.6) is 0 Å². The average molecular weight is 416 g/mol. The maximum absolute atomic E-state index is 12.7. The van der Waals surface area contributed by atoms with E-state index < -0.39 is 10.0 Å². The summed E-state index contributed by atoms with van der Waals surface area (Å²) in [5.74, 6) is -0.257. The molecule has 2 aromatic rings. The van der Waals surface area contributed by atoms with Gasteiger partial charge in [0.25, 0.3) is 15.9 Å². The van der Waals surface area contributed by atoms with Gasteiger partial charge >= 0.3 is 0 Å². The lowest BCUT2D eigenvalue weighted by Gasteiger charge is -2.19. The molecule has 1 heterocycles. The van der Waals surface area contributed by atoms with E-state index in [0.29, 0.717) is 17.8 Å². The van der Waals surface area contributed by atoms with Gasteiger partial charge in [-0.15, -0.1) is 0 Å². The molecule has 0 aliphatic carbocycles. The first kappa shape index (κ1) is 21.3. The van der Waals surface area contributed by atoms with Crippen LogP contribution in [0.4, 0.5) is 5.69 Å². The molecule has 0 atom stereocenters. The number of carbonyl (C=O) groups is 1. The number of hydrogen-bond acceptors (Lipinski definition) is 4. The highest BCUT2D eigenvalue weighted by atomic mass is 32.2. The van der Waals surface area contributed by atoms with Crippen LogP contribution in [0, 0.1) is 6.92 Å². The van der Waals surface area contributed by atoms with E-state index in [0.717, 1.165) is 25.2 Å². The Kier molecular flexibility index (Phi) is 7.28. The summed E-state index contributed by atoms with van der Waals surface area (Å²) in [5.41, 5.74) is 1.80. The number of carbonyl (C=O) groups excluding carboxylic acids is 1. The molecule has 2 N–H and O–H groups in total. The van der Waals surface area contributed by atoms with Crippen molar-refractivity contribution in [1.29, 1.82) is 0 Å². The van der Waals surface area contributed by atoms with Gasteiger partial charge in [0.1, 0.15) is 0 Å². The van der Waals surface area contributed by atoms with Crippen molar-refractivity contribution in [3.05, 3.63) is 59.7 Å². The smallest absolute Gasteiger partial charge is 0.261 e. The van der Waals surface area contributed by atoms with Crippen LogP contribution in [-0.4, -0.2) is 45.4 Å². The van der Waals surface area contributed by atoms with Crippen LogP contribution in [0.3, 0.4) is 0 Å². The number of nitrogens with zero attached hydrogens (tertiary/aromatic N) is 1. The fourth-order valence-corrected chi connectivity index (χ4v) is 4.61. The molecular weight excluding hydrogens is 386 g/mol. The molecule has 29 heavy (non-hydrogen) atoms. The van der Waals surface area contributed by atoms with Crippen LogP contribution in [-0.2, 0) is 10.0 Å². The number of nitrogens with one attached hydrogen (secondary N) is 2. The molecule has 0 radical (unpaired) electrons. The number of likely N-dealkylation sites (tertiary alicyclic amines) is 1. The molecular formula is C22H29N3O3S. The SMILES string of the molecule is Cc1cccc(NS(=O)(=O)c2cccc(C(=O)NCCN3CCCCCC3)c2)c1. The minimum absolute atomic E-state index is 0.0687. The van der Waals surface area contributed by atoms with E-state index >= 15 is 0 Å². The lowest BCUT2D eigenvalue weighted by Crippen LogP contribution is -2.35. The van der Waals surface area contributed by atoms with Crippen molar-refractivity contribution >= 4 is 21.6 Å². The molecule has 0 spiro atoms. The molecule has 0 bridgehead atoms. The first-order valence-electron chi connectivity index (χ1n) is 10.1. The largest absolute Gasteiger partial charge is 0.351 e. The highest BCUT2D eigenvalue weighted by Crippen LogP contribution is 2.18. The van der Waals surface area contributed by atoms with Gasteiger partial charge < -0.3 is 10.2 Å². The maximum Gasteiger partial charge on any atom is 0.261 e. The molecule has 1 aliphatic heterocycles. The third-order valence-electron chi connectivity index (χ3n) is 5.09. The second-order valence-electron chi connectivity index (χ2n) is 7.51. The summed E-state index contributed by atoms with van der Waals surface area (Å²) < 4.78 is 28.0. The summed E-state index contributed by atoms with van der Waals surface area (Å²) >= 11 is 0. The molecule has 1 saturated heterocycles. The number of benzene rings is 2. The van der Waals surface area contributed by atoms with Gasteiger partial charge in [-0.05, 0) is 68.8 Å². The topological polar surface area (TPSA) is 78.5 Å². The summed E-state index contributed by atoms with van der Waals surface area (Å²) in [7, 11) is -3.77. The van der Waals surface area contributed by atoms with Crippen LogP contribution in [0.25, 0.3) is 0 Å². The predicted molar refractivity (Wildman–Crippen MR) is 116 cm³/mol. The predicted octanol–water partition coefficient (Wildman–Crippen LogP) is 3.40. The van der Waals surface area contributed by atoms with Gasteiger partial charge in [-0.2, -0.15) is 0 Å². The molecule has 1 fully saturated rings. The number of amides is 1. The zero-order chi connectivity index (χ0) is 20.7. The van der Waals surface area contributed by atoms with E-state index in [-0.39, 0.29) is 10.8 Å². The van der Waals surface area contributed by atoms with E-state index in [2.05, 4.69) is 14.9 Å². The minimum Gasteiger partial charge on any atom is -0.351 e. The number of aryl methyl sites for hydroxylation is 1. The quantitative estimate of drug-likeness (QED) is 0.726. The molecule has 0 aromatic heterocycles. The summed E-state index contributed by atoms with van der Waals surface area (Å²) in [5, 5.41) is 2.91. The van der Waals surface area contributed by atoms with E-state index in [1.807, 2.05) is 13.0 Å². The van der Waals surface area contributed by atoms with Gasteiger partial charge in [0.15, 0.2) is 0 Å². The number of anilines is 1. The fourth-order valence-electron chi connectivity index (χ4n) is 3.52. The van der Waals surface area contributed by atoms with Crippen LogP contribution in [0.15, 0.2) is 53.4 Å². The van der Waals surface area contributed by atoms with Crippen LogP contribution >= 0.6 is 0 Å². The Labute approximate surface area is 173 Å². The Morgan fingerprint density at radius 1 is 1.00 bits per heavy atom. The molecule has 0 saturated carbocycles. The van der Waals surface area contributed by atoms with Gasteiger partial charge in [-0.3, -0.25) is 9.52 Å². The molecule has 1 aliphatic rings. The van der Waals surface area contributed by atoms with Crippen LogP contribution < -0.4 is 10.0 Å². The lowest BCUT2D eigenvalue weighted by atomic mass is 10.2. The van der Waals surface area contributed by atoms with Crippen molar-refractivity contribution in [1.82, 2.24) is 10.2 Å². The normalized spacial score (nSPS) is 15.5. The molecule has 1 amide bonds. The van der Waals surface area contributed by atoms with Gasteiger partial charge in [-0.1, -0.05) is 31.0 Å². The number of rotatable bonds is 7. The second-order valence-corrected chi connectivity index (χ2v) is 9.20.